The summed E-state index contributed by atoms with van der Waals surface area (Å²) in [4.78, 5) is 4.48. The van der Waals surface area contributed by atoms with E-state index in [0.717, 1.165) is 18.5 Å². The minimum Gasteiger partial charge on any atom is -0.405 e. The molecule has 0 aromatic heterocycles. The normalized spacial score (nSPS) is 30.4. The average molecular weight is 266 g/mol. The van der Waals surface area contributed by atoms with Gasteiger partial charge in [-0.1, -0.05) is 0 Å². The Hall–Kier alpha value is -0.845. The van der Waals surface area contributed by atoms with Crippen molar-refractivity contribution in [3.8, 4) is 0 Å². The van der Waals surface area contributed by atoms with Gasteiger partial charge in [0.15, 0.2) is 0 Å². The summed E-state index contributed by atoms with van der Waals surface area (Å²) >= 11 is 0. The molecule has 0 amide bonds. The van der Waals surface area contributed by atoms with Crippen LogP contribution in [0.3, 0.4) is 0 Å². The average Bonchev–Trinajstić information content (AvgIpc) is 2.87. The fourth-order valence-corrected chi connectivity index (χ4v) is 1.99. The minimum atomic E-state index is -0.457. The van der Waals surface area contributed by atoms with E-state index < -0.39 is 7.12 Å². The fraction of sp³-hybridized carbons (Fsp3) is 0.769. The number of rotatable bonds is 3. The highest BCUT2D eigenvalue weighted by atomic mass is 16.7. The molecule has 0 saturated carbocycles. The highest BCUT2D eigenvalue weighted by molar-refractivity contribution is 6.60. The lowest BCUT2D eigenvalue weighted by Gasteiger charge is -2.32. The molecule has 2 N–H and O–H groups in total. The summed E-state index contributed by atoms with van der Waals surface area (Å²) in [7, 11) is -0.457. The minimum absolute atomic E-state index is 0.220. The van der Waals surface area contributed by atoms with Crippen molar-refractivity contribution >= 4 is 13.3 Å². The van der Waals surface area contributed by atoms with Crippen LogP contribution in [0.15, 0.2) is 16.7 Å². The second-order valence-electron chi connectivity index (χ2n) is 6.05. The van der Waals surface area contributed by atoms with Crippen molar-refractivity contribution < 1.29 is 14.0 Å². The van der Waals surface area contributed by atoms with Crippen molar-refractivity contribution in [2.24, 2.45) is 10.7 Å². The fourth-order valence-electron chi connectivity index (χ4n) is 1.99. The Labute approximate surface area is 115 Å². The summed E-state index contributed by atoms with van der Waals surface area (Å²) in [6, 6.07) is 0.220. The van der Waals surface area contributed by atoms with E-state index in [-0.39, 0.29) is 17.2 Å². The Balaban J connectivity index is 2.04. The molecule has 6 heteroatoms. The first-order chi connectivity index (χ1) is 8.86. The number of nitrogens with zero attached hydrogens (tertiary/aromatic N) is 1. The maximum atomic E-state index is 5.94. The highest BCUT2D eigenvalue weighted by Gasteiger charge is 2.52. The number of ether oxygens (including phenoxy) is 1. The Kier molecular flexibility index (Phi) is 4.04. The number of hydrogen-bond donors (Lipinski definition) is 1. The zero-order valence-corrected chi connectivity index (χ0v) is 12.2. The molecule has 0 radical (unpaired) electrons. The van der Waals surface area contributed by atoms with Crippen LogP contribution in [0.2, 0.25) is 0 Å². The molecule has 0 bridgehead atoms. The van der Waals surface area contributed by atoms with E-state index in [1.165, 1.54) is 6.20 Å². The van der Waals surface area contributed by atoms with E-state index >= 15 is 0 Å². The number of allylic oxidation sites excluding steroid dienone is 1. The number of nitrogens with two attached hydrogens (primary N) is 1. The van der Waals surface area contributed by atoms with Crippen molar-refractivity contribution in [3.05, 3.63) is 11.7 Å². The van der Waals surface area contributed by atoms with Gasteiger partial charge >= 0.3 is 7.12 Å². The predicted octanol–water partition coefficient (Wildman–Crippen LogP) is 1.32. The Bertz CT molecular complexity index is 371. The molecule has 0 spiro atoms. The van der Waals surface area contributed by atoms with Gasteiger partial charge in [-0.2, -0.15) is 0 Å². The third-order valence-corrected chi connectivity index (χ3v) is 4.06. The van der Waals surface area contributed by atoms with Gasteiger partial charge in [-0.05, 0) is 40.3 Å². The molecule has 19 heavy (non-hydrogen) atoms. The Morgan fingerprint density at radius 2 is 1.89 bits per heavy atom. The van der Waals surface area contributed by atoms with Crippen LogP contribution < -0.4 is 5.73 Å². The van der Waals surface area contributed by atoms with Crippen LogP contribution in [0.25, 0.3) is 0 Å². The van der Waals surface area contributed by atoms with Crippen molar-refractivity contribution in [1.29, 1.82) is 0 Å². The van der Waals surface area contributed by atoms with Crippen molar-refractivity contribution in [2.45, 2.75) is 51.4 Å². The van der Waals surface area contributed by atoms with E-state index in [4.69, 9.17) is 19.8 Å². The molecule has 0 aromatic rings. The monoisotopic (exact) mass is 266 g/mol. The van der Waals surface area contributed by atoms with Crippen LogP contribution in [0.1, 0.15) is 34.1 Å². The second-order valence-corrected chi connectivity index (χ2v) is 6.05. The first-order valence-electron chi connectivity index (χ1n) is 6.74. The van der Waals surface area contributed by atoms with E-state index in [2.05, 4.69) is 4.99 Å². The van der Waals surface area contributed by atoms with E-state index in [1.54, 1.807) is 6.21 Å². The van der Waals surface area contributed by atoms with Crippen LogP contribution in [0.5, 0.6) is 0 Å². The van der Waals surface area contributed by atoms with Gasteiger partial charge in [0.2, 0.25) is 0 Å². The molecule has 2 saturated heterocycles. The summed E-state index contributed by atoms with van der Waals surface area (Å²) in [5, 5.41) is 0. The van der Waals surface area contributed by atoms with Crippen LogP contribution in [0, 0.1) is 0 Å². The predicted molar refractivity (Wildman–Crippen MR) is 76.1 cm³/mol. The third kappa shape index (κ3) is 3.01. The van der Waals surface area contributed by atoms with Gasteiger partial charge in [-0.25, -0.2) is 0 Å². The second kappa shape index (κ2) is 5.27. The lowest BCUT2D eigenvalue weighted by molar-refractivity contribution is 0.00578. The molecule has 2 aliphatic rings. The molecular formula is C13H23BN2O3. The molecule has 5 nitrogen and oxygen atoms in total. The standard InChI is InChI=1S/C13H23BN2O3/c1-12(2)13(3,4)19-14(18-12)10(7-15)8-16-11-5-6-17-9-11/h7-8,11H,5-6,9,15H2,1-4H3/b10-7+,16-8?. The molecule has 2 aliphatic heterocycles. The largest absolute Gasteiger partial charge is 0.497 e. The van der Waals surface area contributed by atoms with Crippen molar-refractivity contribution in [2.75, 3.05) is 13.2 Å². The SMILES string of the molecule is CC1(C)OB(/C(C=NC2CCOC2)=C/N)OC1(C)C. The third-order valence-electron chi connectivity index (χ3n) is 4.06. The molecular weight excluding hydrogens is 243 g/mol. The van der Waals surface area contributed by atoms with E-state index in [0.29, 0.717) is 6.61 Å². The van der Waals surface area contributed by atoms with Crippen molar-refractivity contribution in [1.82, 2.24) is 0 Å². The smallest absolute Gasteiger partial charge is 0.405 e. The zero-order valence-electron chi connectivity index (χ0n) is 12.2. The first-order valence-corrected chi connectivity index (χ1v) is 6.74. The van der Waals surface area contributed by atoms with Gasteiger partial charge in [0.05, 0.1) is 23.9 Å². The van der Waals surface area contributed by atoms with E-state index in [1.807, 2.05) is 27.7 Å². The summed E-state index contributed by atoms with van der Waals surface area (Å²) in [6.45, 7) is 9.52. The van der Waals surface area contributed by atoms with Gasteiger partial charge in [0.1, 0.15) is 0 Å². The maximum Gasteiger partial charge on any atom is 0.497 e. The van der Waals surface area contributed by atoms with E-state index in [9.17, 15) is 0 Å². The molecule has 106 valence electrons. The molecule has 1 atom stereocenters. The van der Waals surface area contributed by atoms with Gasteiger partial charge in [-0.15, -0.1) is 0 Å². The van der Waals surface area contributed by atoms with Gasteiger partial charge < -0.3 is 19.8 Å². The van der Waals surface area contributed by atoms with Crippen LogP contribution in [0.4, 0.5) is 0 Å². The van der Waals surface area contributed by atoms with Crippen molar-refractivity contribution in [3.63, 3.8) is 0 Å². The van der Waals surface area contributed by atoms with Gasteiger partial charge in [0, 0.05) is 18.3 Å². The maximum absolute atomic E-state index is 5.94. The van der Waals surface area contributed by atoms with Crippen LogP contribution >= 0.6 is 0 Å². The number of aliphatic imine (C=N–C) groups is 1. The summed E-state index contributed by atoms with van der Waals surface area (Å²) < 4.78 is 17.2. The zero-order chi connectivity index (χ0) is 14.1. The number of hydrogen-bond acceptors (Lipinski definition) is 5. The topological polar surface area (TPSA) is 66.1 Å². The summed E-state index contributed by atoms with van der Waals surface area (Å²) in [5.41, 5.74) is 5.70. The molecule has 2 fully saturated rings. The Morgan fingerprint density at radius 1 is 1.26 bits per heavy atom. The Morgan fingerprint density at radius 3 is 2.37 bits per heavy atom. The summed E-state index contributed by atoms with van der Waals surface area (Å²) in [6.07, 6.45) is 4.21. The quantitative estimate of drug-likeness (QED) is 0.618. The molecule has 1 unspecified atom stereocenters. The molecule has 0 aliphatic carbocycles. The summed E-state index contributed by atoms with van der Waals surface area (Å²) in [5.74, 6) is 0. The highest BCUT2D eigenvalue weighted by Crippen LogP contribution is 2.38. The van der Waals surface area contributed by atoms with Crippen LogP contribution in [-0.4, -0.2) is 43.8 Å². The molecule has 2 heterocycles. The van der Waals surface area contributed by atoms with Gasteiger partial charge in [-0.3, -0.25) is 4.99 Å². The van der Waals surface area contributed by atoms with Crippen LogP contribution in [-0.2, 0) is 14.0 Å². The lowest BCUT2D eigenvalue weighted by Crippen LogP contribution is -2.41. The molecule has 0 aromatic carbocycles. The lowest BCUT2D eigenvalue weighted by atomic mass is 9.79. The van der Waals surface area contributed by atoms with Gasteiger partial charge in [0.25, 0.3) is 0 Å². The molecule has 2 rings (SSSR count). The first kappa shape index (κ1) is 14.6.